The van der Waals surface area contributed by atoms with Crippen molar-refractivity contribution in [2.75, 3.05) is 5.32 Å². The number of pyridine rings is 1. The standard InChI is InChI=1S/C22H20N4/c1-26-16-21(25-22(26)19-7-3-2-4-8-19)18-9-11-20(12-10-18)24-15-17-6-5-13-23-14-17/h2-14,16,24H,15H2,1H3. The van der Waals surface area contributed by atoms with Crippen molar-refractivity contribution in [3.8, 4) is 22.6 Å². The largest absolute Gasteiger partial charge is 0.381 e. The van der Waals surface area contributed by atoms with Gasteiger partial charge in [-0.15, -0.1) is 0 Å². The lowest BCUT2D eigenvalue weighted by molar-refractivity contribution is 0.925. The van der Waals surface area contributed by atoms with E-state index in [0.29, 0.717) is 0 Å². The molecule has 0 atom stereocenters. The van der Waals surface area contributed by atoms with Crippen molar-refractivity contribution in [2.24, 2.45) is 7.05 Å². The summed E-state index contributed by atoms with van der Waals surface area (Å²) < 4.78 is 2.07. The number of imidazole rings is 1. The van der Waals surface area contributed by atoms with Gasteiger partial charge in [0.25, 0.3) is 0 Å². The van der Waals surface area contributed by atoms with E-state index in [1.54, 1.807) is 6.20 Å². The summed E-state index contributed by atoms with van der Waals surface area (Å²) in [5.74, 6) is 0.972. The molecule has 4 nitrogen and oxygen atoms in total. The predicted octanol–water partition coefficient (Wildman–Crippen LogP) is 4.76. The van der Waals surface area contributed by atoms with E-state index in [-0.39, 0.29) is 0 Å². The van der Waals surface area contributed by atoms with Crippen molar-refractivity contribution in [1.29, 1.82) is 0 Å². The predicted molar refractivity (Wildman–Crippen MR) is 106 cm³/mol. The molecule has 4 rings (SSSR count). The highest BCUT2D eigenvalue weighted by Gasteiger charge is 2.09. The van der Waals surface area contributed by atoms with Gasteiger partial charge >= 0.3 is 0 Å². The van der Waals surface area contributed by atoms with E-state index in [1.165, 1.54) is 0 Å². The number of anilines is 1. The van der Waals surface area contributed by atoms with Crippen LogP contribution < -0.4 is 5.32 Å². The lowest BCUT2D eigenvalue weighted by Crippen LogP contribution is -1.99. The number of aromatic nitrogens is 3. The van der Waals surface area contributed by atoms with Gasteiger partial charge in [-0.25, -0.2) is 4.98 Å². The first-order valence-electron chi connectivity index (χ1n) is 8.61. The van der Waals surface area contributed by atoms with Gasteiger partial charge in [0.05, 0.1) is 5.69 Å². The Morgan fingerprint density at radius 1 is 0.885 bits per heavy atom. The van der Waals surface area contributed by atoms with E-state index in [1.807, 2.05) is 37.5 Å². The topological polar surface area (TPSA) is 42.7 Å². The number of benzene rings is 2. The number of nitrogens with zero attached hydrogens (tertiary/aromatic N) is 3. The molecule has 2 aromatic carbocycles. The van der Waals surface area contributed by atoms with Crippen LogP contribution in [-0.4, -0.2) is 14.5 Å². The van der Waals surface area contributed by atoms with Crippen LogP contribution in [0.2, 0.25) is 0 Å². The molecule has 2 heterocycles. The van der Waals surface area contributed by atoms with Crippen LogP contribution in [0.3, 0.4) is 0 Å². The van der Waals surface area contributed by atoms with Gasteiger partial charge in [0.2, 0.25) is 0 Å². The summed E-state index contributed by atoms with van der Waals surface area (Å²) >= 11 is 0. The minimum absolute atomic E-state index is 0.759. The van der Waals surface area contributed by atoms with Crippen molar-refractivity contribution >= 4 is 5.69 Å². The normalized spacial score (nSPS) is 10.7. The van der Waals surface area contributed by atoms with Gasteiger partial charge in [-0.05, 0) is 23.8 Å². The van der Waals surface area contributed by atoms with E-state index >= 15 is 0 Å². The Bertz CT molecular complexity index is 974. The SMILES string of the molecule is Cn1cc(-c2ccc(NCc3cccnc3)cc2)nc1-c1ccccc1. The average molecular weight is 340 g/mol. The molecule has 0 unspecified atom stereocenters. The maximum Gasteiger partial charge on any atom is 0.140 e. The summed E-state index contributed by atoms with van der Waals surface area (Å²) in [4.78, 5) is 8.94. The molecule has 0 amide bonds. The quantitative estimate of drug-likeness (QED) is 0.569. The molecule has 128 valence electrons. The average Bonchev–Trinajstić information content (AvgIpc) is 3.10. The second-order valence-electron chi connectivity index (χ2n) is 6.22. The molecule has 0 aliphatic carbocycles. The highest BCUT2D eigenvalue weighted by Crippen LogP contribution is 2.25. The zero-order valence-corrected chi connectivity index (χ0v) is 14.6. The second kappa shape index (κ2) is 7.23. The fraction of sp³-hybridized carbons (Fsp3) is 0.0909. The monoisotopic (exact) mass is 340 g/mol. The Morgan fingerprint density at radius 2 is 1.69 bits per heavy atom. The molecule has 0 aliphatic heterocycles. The smallest absolute Gasteiger partial charge is 0.140 e. The van der Waals surface area contributed by atoms with E-state index in [9.17, 15) is 0 Å². The lowest BCUT2D eigenvalue weighted by Gasteiger charge is -2.06. The van der Waals surface area contributed by atoms with Crippen molar-refractivity contribution in [3.05, 3.63) is 90.9 Å². The molecule has 0 fully saturated rings. The highest BCUT2D eigenvalue weighted by molar-refractivity contribution is 5.66. The number of nitrogens with one attached hydrogen (secondary N) is 1. The zero-order valence-electron chi connectivity index (χ0n) is 14.6. The van der Waals surface area contributed by atoms with Gasteiger partial charge in [-0.2, -0.15) is 0 Å². The molecular formula is C22H20N4. The third-order valence-corrected chi connectivity index (χ3v) is 4.31. The molecule has 4 heteroatoms. The van der Waals surface area contributed by atoms with Crippen LogP contribution in [0.15, 0.2) is 85.3 Å². The Hall–Kier alpha value is -3.40. The summed E-state index contributed by atoms with van der Waals surface area (Å²) in [5.41, 5.74) is 5.45. The molecule has 0 radical (unpaired) electrons. The molecular weight excluding hydrogens is 320 g/mol. The first-order valence-corrected chi connectivity index (χ1v) is 8.61. The molecule has 0 saturated heterocycles. The second-order valence-corrected chi connectivity index (χ2v) is 6.22. The molecule has 1 N–H and O–H groups in total. The minimum atomic E-state index is 0.759. The summed E-state index contributed by atoms with van der Waals surface area (Å²) in [6, 6.07) is 22.6. The first-order chi connectivity index (χ1) is 12.8. The lowest BCUT2D eigenvalue weighted by atomic mass is 10.1. The number of rotatable bonds is 5. The Labute approximate surface area is 153 Å². The van der Waals surface area contributed by atoms with Gasteiger partial charge < -0.3 is 9.88 Å². The van der Waals surface area contributed by atoms with E-state index in [0.717, 1.165) is 40.4 Å². The molecule has 0 saturated carbocycles. The summed E-state index contributed by atoms with van der Waals surface area (Å²) in [7, 11) is 2.03. The Balaban J connectivity index is 1.50. The highest BCUT2D eigenvalue weighted by atomic mass is 15.0. The van der Waals surface area contributed by atoms with Gasteiger partial charge in [0.1, 0.15) is 5.82 Å². The third kappa shape index (κ3) is 3.49. The fourth-order valence-corrected chi connectivity index (χ4v) is 2.93. The van der Waals surface area contributed by atoms with Crippen LogP contribution in [0.25, 0.3) is 22.6 Å². The van der Waals surface area contributed by atoms with Gasteiger partial charge in [-0.1, -0.05) is 48.5 Å². The molecule has 0 spiro atoms. The Kier molecular flexibility index (Phi) is 4.48. The minimum Gasteiger partial charge on any atom is -0.381 e. The van der Waals surface area contributed by atoms with E-state index < -0.39 is 0 Å². The molecule has 2 aromatic heterocycles. The molecule has 26 heavy (non-hydrogen) atoms. The van der Waals surface area contributed by atoms with E-state index in [4.69, 9.17) is 4.98 Å². The van der Waals surface area contributed by atoms with Crippen LogP contribution in [0.5, 0.6) is 0 Å². The maximum atomic E-state index is 4.81. The van der Waals surface area contributed by atoms with Gasteiger partial charge in [0.15, 0.2) is 0 Å². The molecule has 0 aliphatic rings. The Morgan fingerprint density at radius 3 is 2.42 bits per heavy atom. The van der Waals surface area contributed by atoms with Crippen LogP contribution >= 0.6 is 0 Å². The zero-order chi connectivity index (χ0) is 17.8. The van der Waals surface area contributed by atoms with Gasteiger partial charge in [-0.3, -0.25) is 4.98 Å². The van der Waals surface area contributed by atoms with Crippen LogP contribution in [0.4, 0.5) is 5.69 Å². The third-order valence-electron chi connectivity index (χ3n) is 4.31. The van der Waals surface area contributed by atoms with Crippen LogP contribution in [-0.2, 0) is 13.6 Å². The van der Waals surface area contributed by atoms with Crippen LogP contribution in [0.1, 0.15) is 5.56 Å². The first kappa shape index (κ1) is 16.1. The molecule has 0 bridgehead atoms. The fourth-order valence-electron chi connectivity index (χ4n) is 2.93. The van der Waals surface area contributed by atoms with Gasteiger partial charge in [0, 0.05) is 49.0 Å². The van der Waals surface area contributed by atoms with E-state index in [2.05, 4.69) is 63.5 Å². The van der Waals surface area contributed by atoms with Crippen LogP contribution in [0, 0.1) is 0 Å². The summed E-state index contributed by atoms with van der Waals surface area (Å²) in [6.07, 6.45) is 5.73. The van der Waals surface area contributed by atoms with Crippen molar-refractivity contribution in [2.45, 2.75) is 6.54 Å². The van der Waals surface area contributed by atoms with Crippen molar-refractivity contribution < 1.29 is 0 Å². The number of aryl methyl sites for hydroxylation is 1. The van der Waals surface area contributed by atoms with Crippen molar-refractivity contribution in [1.82, 2.24) is 14.5 Å². The number of hydrogen-bond donors (Lipinski definition) is 1. The summed E-state index contributed by atoms with van der Waals surface area (Å²) in [6.45, 7) is 0.759. The van der Waals surface area contributed by atoms with Crippen molar-refractivity contribution in [3.63, 3.8) is 0 Å². The number of hydrogen-bond acceptors (Lipinski definition) is 3. The summed E-state index contributed by atoms with van der Waals surface area (Å²) in [5, 5.41) is 3.42. The molecule has 4 aromatic rings. The maximum absolute atomic E-state index is 4.81.